The molecule has 2 heterocycles. The fourth-order valence-corrected chi connectivity index (χ4v) is 4.69. The van der Waals surface area contributed by atoms with Crippen LogP contribution < -0.4 is 10.2 Å². The zero-order valence-corrected chi connectivity index (χ0v) is 18.8. The summed E-state index contributed by atoms with van der Waals surface area (Å²) in [4.78, 5) is 20.5. The first-order valence-corrected chi connectivity index (χ1v) is 11.9. The maximum Gasteiger partial charge on any atom is 0.252 e. The summed E-state index contributed by atoms with van der Waals surface area (Å²) < 4.78 is 5.41. The minimum Gasteiger partial charge on any atom is -0.370 e. The second-order valence-electron chi connectivity index (χ2n) is 7.85. The largest absolute Gasteiger partial charge is 0.370 e. The van der Waals surface area contributed by atoms with Crippen molar-refractivity contribution in [3.8, 4) is 0 Å². The highest BCUT2D eigenvalue weighted by atomic mass is 32.2. The molecule has 2 N–H and O–H groups in total. The van der Waals surface area contributed by atoms with E-state index in [0.717, 1.165) is 66.5 Å². The molecule has 0 saturated carbocycles. The average molecular weight is 437 g/mol. The van der Waals surface area contributed by atoms with E-state index in [0.29, 0.717) is 12.1 Å². The van der Waals surface area contributed by atoms with Gasteiger partial charge in [-0.15, -0.1) is 0 Å². The summed E-state index contributed by atoms with van der Waals surface area (Å²) in [6.07, 6.45) is 1.99. The van der Waals surface area contributed by atoms with Gasteiger partial charge < -0.3 is 15.0 Å². The lowest BCUT2D eigenvalue weighted by molar-refractivity contribution is -0.908. The van der Waals surface area contributed by atoms with Crippen LogP contribution in [0.3, 0.4) is 0 Å². The number of carbonyl (C=O) groups excluding carboxylic acids is 1. The number of aromatic nitrogens is 1. The summed E-state index contributed by atoms with van der Waals surface area (Å²) in [5.41, 5.74) is 2.85. The quantitative estimate of drug-likeness (QED) is 0.533. The lowest BCUT2D eigenvalue weighted by atomic mass is 10.1. The van der Waals surface area contributed by atoms with E-state index in [1.165, 1.54) is 5.56 Å². The number of nitrogens with zero attached hydrogens (tertiary/aromatic N) is 1. The van der Waals surface area contributed by atoms with Crippen molar-refractivity contribution < 1.29 is 14.4 Å². The number of amides is 1. The van der Waals surface area contributed by atoms with Crippen LogP contribution in [0.2, 0.25) is 0 Å². The van der Waals surface area contributed by atoms with Gasteiger partial charge in [0, 0.05) is 23.2 Å². The first-order chi connectivity index (χ1) is 15.2. The van der Waals surface area contributed by atoms with E-state index in [1.54, 1.807) is 16.7 Å². The van der Waals surface area contributed by atoms with Crippen LogP contribution in [0.4, 0.5) is 0 Å². The molecule has 2 aromatic carbocycles. The second kappa shape index (κ2) is 10.8. The summed E-state index contributed by atoms with van der Waals surface area (Å²) in [6.45, 7) is 7.70. The third-order valence-corrected chi connectivity index (χ3v) is 6.61. The lowest BCUT2D eigenvalue weighted by Crippen LogP contribution is -3.14. The highest BCUT2D eigenvalue weighted by Gasteiger charge is 2.15. The molecule has 0 atom stereocenters. The molecule has 0 bridgehead atoms. The standard InChI is InChI=1S/C25H29N3O2S/c1-2-19-8-10-20(11-9-19)31-24-18-22(21-6-3-4-7-23(21)27-24)25(29)26-12-5-13-28-14-16-30-17-15-28/h3-4,6-11,18H,2,5,12-17H2,1H3,(H,26,29)/p+1. The molecule has 162 valence electrons. The number of hydrogen-bond acceptors (Lipinski definition) is 4. The number of carbonyl (C=O) groups is 1. The summed E-state index contributed by atoms with van der Waals surface area (Å²) in [6, 6.07) is 18.3. The number of nitrogens with one attached hydrogen (secondary N) is 2. The van der Waals surface area contributed by atoms with Crippen LogP contribution in [0, 0.1) is 0 Å². The Morgan fingerprint density at radius 3 is 2.68 bits per heavy atom. The summed E-state index contributed by atoms with van der Waals surface area (Å²) in [7, 11) is 0. The van der Waals surface area contributed by atoms with Crippen molar-refractivity contribution in [2.24, 2.45) is 0 Å². The van der Waals surface area contributed by atoms with Crippen LogP contribution in [-0.2, 0) is 11.2 Å². The number of benzene rings is 2. The molecule has 1 saturated heterocycles. The molecule has 0 spiro atoms. The molecule has 6 heteroatoms. The SMILES string of the molecule is CCc1ccc(Sc2cc(C(=O)NCCC[NH+]3CCOCC3)c3ccccc3n2)cc1. The topological polar surface area (TPSA) is 55.7 Å². The molecule has 1 aliphatic rings. The molecular formula is C25H30N3O2S+. The number of aryl methyl sites for hydroxylation is 1. The van der Waals surface area contributed by atoms with Crippen molar-refractivity contribution in [3.05, 3.63) is 65.7 Å². The first kappa shape index (κ1) is 21.8. The highest BCUT2D eigenvalue weighted by molar-refractivity contribution is 7.99. The second-order valence-corrected chi connectivity index (χ2v) is 8.94. The number of morpholine rings is 1. The monoisotopic (exact) mass is 436 g/mol. The Balaban J connectivity index is 1.45. The van der Waals surface area contributed by atoms with Crippen LogP contribution >= 0.6 is 11.8 Å². The molecule has 3 aromatic rings. The van der Waals surface area contributed by atoms with Gasteiger partial charge in [0.2, 0.25) is 0 Å². The van der Waals surface area contributed by atoms with Gasteiger partial charge in [0.25, 0.3) is 5.91 Å². The predicted molar refractivity (Wildman–Crippen MR) is 125 cm³/mol. The van der Waals surface area contributed by atoms with Crippen molar-refractivity contribution in [3.63, 3.8) is 0 Å². The average Bonchev–Trinajstić information content (AvgIpc) is 2.82. The van der Waals surface area contributed by atoms with Crippen molar-refractivity contribution in [1.29, 1.82) is 0 Å². The van der Waals surface area contributed by atoms with Crippen LogP contribution in [0.15, 0.2) is 64.5 Å². The Morgan fingerprint density at radius 1 is 1.13 bits per heavy atom. The van der Waals surface area contributed by atoms with Gasteiger partial charge in [-0.2, -0.15) is 0 Å². The number of hydrogen-bond donors (Lipinski definition) is 2. The van der Waals surface area contributed by atoms with Crippen molar-refractivity contribution >= 4 is 28.6 Å². The molecule has 0 radical (unpaired) electrons. The number of para-hydroxylation sites is 1. The third kappa shape index (κ3) is 5.85. The molecule has 31 heavy (non-hydrogen) atoms. The first-order valence-electron chi connectivity index (χ1n) is 11.1. The smallest absolute Gasteiger partial charge is 0.252 e. The van der Waals surface area contributed by atoms with Crippen molar-refractivity contribution in [1.82, 2.24) is 10.3 Å². The van der Waals surface area contributed by atoms with E-state index in [2.05, 4.69) is 36.5 Å². The van der Waals surface area contributed by atoms with Gasteiger partial charge >= 0.3 is 0 Å². The molecule has 1 fully saturated rings. The Hall–Kier alpha value is -2.41. The Kier molecular flexibility index (Phi) is 7.57. The molecule has 0 unspecified atom stereocenters. The van der Waals surface area contributed by atoms with Gasteiger partial charge in [-0.3, -0.25) is 4.79 Å². The zero-order valence-electron chi connectivity index (χ0n) is 18.0. The van der Waals surface area contributed by atoms with Gasteiger partial charge in [-0.05, 0) is 36.2 Å². The molecule has 4 rings (SSSR count). The minimum absolute atomic E-state index is 0.0289. The van der Waals surface area contributed by atoms with Gasteiger partial charge in [0.1, 0.15) is 18.1 Å². The summed E-state index contributed by atoms with van der Waals surface area (Å²) >= 11 is 1.59. The Labute approximate surface area is 188 Å². The van der Waals surface area contributed by atoms with E-state index in [-0.39, 0.29) is 5.91 Å². The van der Waals surface area contributed by atoms with Crippen molar-refractivity contribution in [2.45, 2.75) is 29.7 Å². The van der Waals surface area contributed by atoms with Gasteiger partial charge in [-0.1, -0.05) is 49.0 Å². The van der Waals surface area contributed by atoms with Gasteiger partial charge in [-0.25, -0.2) is 4.98 Å². The van der Waals surface area contributed by atoms with Gasteiger partial charge in [0.15, 0.2) is 0 Å². The Bertz CT molecular complexity index is 1020. The number of pyridine rings is 1. The van der Waals surface area contributed by atoms with E-state index in [9.17, 15) is 4.79 Å². The highest BCUT2D eigenvalue weighted by Crippen LogP contribution is 2.30. The normalized spacial score (nSPS) is 14.6. The van der Waals surface area contributed by atoms with Crippen molar-refractivity contribution in [2.75, 3.05) is 39.4 Å². The fraction of sp³-hybridized carbons (Fsp3) is 0.360. The maximum absolute atomic E-state index is 13.0. The van der Waals surface area contributed by atoms with Crippen LogP contribution in [0.25, 0.3) is 10.9 Å². The maximum atomic E-state index is 13.0. The summed E-state index contributed by atoms with van der Waals surface area (Å²) in [5.74, 6) is -0.0289. The zero-order chi connectivity index (χ0) is 21.5. The van der Waals surface area contributed by atoms with Gasteiger partial charge in [0.05, 0.1) is 30.8 Å². The summed E-state index contributed by atoms with van der Waals surface area (Å²) in [5, 5.41) is 4.85. The number of quaternary nitrogens is 1. The molecule has 1 amide bonds. The van der Waals surface area contributed by atoms with Crippen LogP contribution in [-0.4, -0.2) is 50.3 Å². The Morgan fingerprint density at radius 2 is 1.90 bits per heavy atom. The van der Waals surface area contributed by atoms with Crippen LogP contribution in [0.5, 0.6) is 0 Å². The van der Waals surface area contributed by atoms with E-state index < -0.39 is 0 Å². The fourth-order valence-electron chi connectivity index (χ4n) is 3.85. The molecular weight excluding hydrogens is 406 g/mol. The molecule has 0 aliphatic carbocycles. The van der Waals surface area contributed by atoms with E-state index in [4.69, 9.17) is 9.72 Å². The predicted octanol–water partition coefficient (Wildman–Crippen LogP) is 2.98. The number of fused-ring (bicyclic) bond motifs is 1. The molecule has 5 nitrogen and oxygen atoms in total. The molecule has 1 aliphatic heterocycles. The number of ether oxygens (including phenoxy) is 1. The molecule has 1 aromatic heterocycles. The lowest BCUT2D eigenvalue weighted by Gasteiger charge is -2.23. The third-order valence-electron chi connectivity index (χ3n) is 5.68. The van der Waals surface area contributed by atoms with Crippen LogP contribution in [0.1, 0.15) is 29.3 Å². The van der Waals surface area contributed by atoms with E-state index >= 15 is 0 Å². The minimum atomic E-state index is -0.0289. The van der Waals surface area contributed by atoms with E-state index in [1.807, 2.05) is 30.3 Å². The number of rotatable bonds is 8.